The molecule has 33 heavy (non-hydrogen) atoms. The van der Waals surface area contributed by atoms with E-state index in [0.29, 0.717) is 35.7 Å². The van der Waals surface area contributed by atoms with Gasteiger partial charge in [0.1, 0.15) is 23.5 Å². The number of hydrogen-bond acceptors (Lipinski definition) is 8. The van der Waals surface area contributed by atoms with Gasteiger partial charge in [0.25, 0.3) is 10.1 Å². The monoisotopic (exact) mass is 470 g/mol. The second-order valence-corrected chi connectivity index (χ2v) is 8.99. The van der Waals surface area contributed by atoms with Gasteiger partial charge < -0.3 is 9.42 Å². The Labute approximate surface area is 188 Å². The predicted octanol–water partition coefficient (Wildman–Crippen LogP) is 3.03. The van der Waals surface area contributed by atoms with Crippen LogP contribution in [-0.4, -0.2) is 51.0 Å². The smallest absolute Gasteiger partial charge is 0.299 e. The molecule has 0 atom stereocenters. The second-order valence-electron chi connectivity index (χ2n) is 7.60. The van der Waals surface area contributed by atoms with Gasteiger partial charge >= 0.3 is 0 Å². The van der Waals surface area contributed by atoms with Crippen molar-refractivity contribution in [1.29, 1.82) is 0 Å². The standard InChI is InChI=1S/C21H19FN6O4S/c22-15-6-2-1-5-14(15)13-28-18(16-7-10-32-26-16)11-17(25-28)20-23-12-19(33(29,30)31)21(24-20)27-8-3-4-9-27/h1-2,5-7,10-12H,3-4,8-9,13H2,(H,29,30,31). The molecule has 12 heteroatoms. The number of aromatic nitrogens is 5. The number of hydrogen-bond donors (Lipinski definition) is 1. The molecule has 170 valence electrons. The number of benzene rings is 1. The third-order valence-electron chi connectivity index (χ3n) is 5.41. The Kier molecular flexibility index (Phi) is 5.38. The maximum atomic E-state index is 14.3. The van der Waals surface area contributed by atoms with Crippen LogP contribution in [0.15, 0.2) is 58.3 Å². The Bertz CT molecular complexity index is 1400. The molecule has 1 aromatic carbocycles. The summed E-state index contributed by atoms with van der Waals surface area (Å²) in [5.41, 5.74) is 1.80. The van der Waals surface area contributed by atoms with E-state index in [0.717, 1.165) is 19.0 Å². The van der Waals surface area contributed by atoms with Gasteiger partial charge in [-0.15, -0.1) is 0 Å². The fourth-order valence-electron chi connectivity index (χ4n) is 3.81. The van der Waals surface area contributed by atoms with Crippen molar-refractivity contribution in [3.63, 3.8) is 0 Å². The van der Waals surface area contributed by atoms with Gasteiger partial charge in [-0.05, 0) is 25.0 Å². The molecule has 3 aromatic heterocycles. The molecule has 0 bridgehead atoms. The molecule has 1 aliphatic heterocycles. The number of rotatable bonds is 6. The summed E-state index contributed by atoms with van der Waals surface area (Å²) in [6, 6.07) is 9.70. The minimum absolute atomic E-state index is 0.122. The Morgan fingerprint density at radius 1 is 1.12 bits per heavy atom. The van der Waals surface area contributed by atoms with E-state index in [2.05, 4.69) is 20.2 Å². The Balaban J connectivity index is 1.61. The first-order chi connectivity index (χ1) is 15.9. The van der Waals surface area contributed by atoms with Crippen LogP contribution in [0.3, 0.4) is 0 Å². The van der Waals surface area contributed by atoms with Crippen LogP contribution < -0.4 is 4.90 Å². The molecule has 4 aromatic rings. The third-order valence-corrected chi connectivity index (χ3v) is 6.25. The summed E-state index contributed by atoms with van der Waals surface area (Å²) in [5, 5.41) is 8.50. The Morgan fingerprint density at radius 2 is 1.91 bits per heavy atom. The molecule has 1 N–H and O–H groups in total. The van der Waals surface area contributed by atoms with Crippen molar-refractivity contribution >= 4 is 15.9 Å². The number of halogens is 1. The molecular weight excluding hydrogens is 451 g/mol. The average molecular weight is 470 g/mol. The molecule has 0 amide bonds. The van der Waals surface area contributed by atoms with Crippen LogP contribution in [0.4, 0.5) is 10.2 Å². The van der Waals surface area contributed by atoms with Crippen molar-refractivity contribution in [2.45, 2.75) is 24.3 Å². The van der Waals surface area contributed by atoms with E-state index >= 15 is 0 Å². The van der Waals surface area contributed by atoms with E-state index in [1.54, 1.807) is 39.9 Å². The quantitative estimate of drug-likeness (QED) is 0.423. The van der Waals surface area contributed by atoms with Gasteiger partial charge in [0, 0.05) is 24.7 Å². The fraction of sp³-hybridized carbons (Fsp3) is 0.238. The summed E-state index contributed by atoms with van der Waals surface area (Å²) >= 11 is 0. The number of nitrogens with zero attached hydrogens (tertiary/aromatic N) is 6. The van der Waals surface area contributed by atoms with Crippen LogP contribution in [-0.2, 0) is 16.7 Å². The Hall–Kier alpha value is -3.64. The Morgan fingerprint density at radius 3 is 2.61 bits per heavy atom. The molecule has 0 aliphatic carbocycles. The van der Waals surface area contributed by atoms with Crippen molar-refractivity contribution in [3.05, 3.63) is 60.2 Å². The van der Waals surface area contributed by atoms with Crippen LogP contribution in [0, 0.1) is 5.82 Å². The van der Waals surface area contributed by atoms with E-state index < -0.39 is 10.1 Å². The van der Waals surface area contributed by atoms with Crippen LogP contribution in [0.5, 0.6) is 0 Å². The molecule has 0 unspecified atom stereocenters. The normalized spacial score (nSPS) is 14.2. The van der Waals surface area contributed by atoms with Gasteiger partial charge in [-0.2, -0.15) is 13.5 Å². The van der Waals surface area contributed by atoms with Gasteiger partial charge in [-0.25, -0.2) is 14.4 Å². The van der Waals surface area contributed by atoms with Crippen molar-refractivity contribution in [1.82, 2.24) is 24.9 Å². The topological polar surface area (TPSA) is 127 Å². The third kappa shape index (κ3) is 4.22. The lowest BCUT2D eigenvalue weighted by molar-refractivity contribution is 0.421. The first-order valence-corrected chi connectivity index (χ1v) is 11.7. The van der Waals surface area contributed by atoms with Gasteiger partial charge in [-0.3, -0.25) is 9.23 Å². The molecule has 1 saturated heterocycles. The molecule has 10 nitrogen and oxygen atoms in total. The lowest BCUT2D eigenvalue weighted by atomic mass is 10.2. The average Bonchev–Trinajstić information content (AvgIpc) is 3.56. The predicted molar refractivity (Wildman–Crippen MR) is 116 cm³/mol. The molecule has 0 radical (unpaired) electrons. The zero-order chi connectivity index (χ0) is 23.0. The van der Waals surface area contributed by atoms with Gasteiger partial charge in [0.2, 0.25) is 0 Å². The molecule has 1 fully saturated rings. The number of anilines is 1. The maximum absolute atomic E-state index is 14.3. The summed E-state index contributed by atoms with van der Waals surface area (Å²) in [6.07, 6.45) is 4.27. The van der Waals surface area contributed by atoms with Crippen molar-refractivity contribution in [2.75, 3.05) is 18.0 Å². The van der Waals surface area contributed by atoms with Crippen molar-refractivity contribution in [2.24, 2.45) is 0 Å². The zero-order valence-corrected chi connectivity index (χ0v) is 18.1. The molecule has 0 spiro atoms. The van der Waals surface area contributed by atoms with E-state index in [4.69, 9.17) is 4.52 Å². The maximum Gasteiger partial charge on any atom is 0.299 e. The molecule has 4 heterocycles. The highest BCUT2D eigenvalue weighted by Gasteiger charge is 2.26. The van der Waals surface area contributed by atoms with E-state index in [1.807, 2.05) is 0 Å². The fourth-order valence-corrected chi connectivity index (χ4v) is 4.40. The van der Waals surface area contributed by atoms with Crippen LogP contribution in [0.2, 0.25) is 0 Å². The van der Waals surface area contributed by atoms with Crippen LogP contribution >= 0.6 is 0 Å². The van der Waals surface area contributed by atoms with Crippen molar-refractivity contribution in [3.8, 4) is 22.9 Å². The highest BCUT2D eigenvalue weighted by molar-refractivity contribution is 7.86. The SMILES string of the molecule is O=S(=O)(O)c1cnc(-c2cc(-c3ccon3)n(Cc3ccccc3F)n2)nc1N1CCCC1. The minimum Gasteiger partial charge on any atom is -0.364 e. The highest BCUT2D eigenvalue weighted by atomic mass is 32.2. The van der Waals surface area contributed by atoms with E-state index in [9.17, 15) is 17.4 Å². The first-order valence-electron chi connectivity index (χ1n) is 10.2. The molecule has 5 rings (SSSR count). The van der Waals surface area contributed by atoms with Crippen LogP contribution in [0.1, 0.15) is 18.4 Å². The summed E-state index contributed by atoms with van der Waals surface area (Å²) < 4.78 is 54.2. The lowest BCUT2D eigenvalue weighted by Gasteiger charge is -2.18. The molecular formula is C21H19FN6O4S. The van der Waals surface area contributed by atoms with Crippen molar-refractivity contribution < 1.29 is 21.9 Å². The largest absolute Gasteiger partial charge is 0.364 e. The summed E-state index contributed by atoms with van der Waals surface area (Å²) in [7, 11) is -4.51. The van der Waals surface area contributed by atoms with Gasteiger partial charge in [0.15, 0.2) is 16.5 Å². The summed E-state index contributed by atoms with van der Waals surface area (Å²) in [5.74, 6) is -0.0707. The van der Waals surface area contributed by atoms with E-state index in [1.165, 1.54) is 12.3 Å². The minimum atomic E-state index is -4.51. The highest BCUT2D eigenvalue weighted by Crippen LogP contribution is 2.30. The second kappa shape index (κ2) is 8.37. The molecule has 0 saturated carbocycles. The summed E-state index contributed by atoms with van der Waals surface area (Å²) in [4.78, 5) is 10.0. The summed E-state index contributed by atoms with van der Waals surface area (Å²) in [6.45, 7) is 1.35. The van der Waals surface area contributed by atoms with E-state index in [-0.39, 0.29) is 28.9 Å². The lowest BCUT2D eigenvalue weighted by Crippen LogP contribution is -2.22. The van der Waals surface area contributed by atoms with Gasteiger partial charge in [-0.1, -0.05) is 23.4 Å². The molecule has 1 aliphatic rings. The zero-order valence-electron chi connectivity index (χ0n) is 17.3. The van der Waals surface area contributed by atoms with Gasteiger partial charge in [0.05, 0.1) is 18.4 Å². The van der Waals surface area contributed by atoms with Crippen LogP contribution in [0.25, 0.3) is 22.9 Å². The first kappa shape index (κ1) is 21.2.